The van der Waals surface area contributed by atoms with Gasteiger partial charge >= 0.3 is 5.69 Å². The zero-order valence-corrected chi connectivity index (χ0v) is 19.1. The van der Waals surface area contributed by atoms with Gasteiger partial charge in [-0.2, -0.15) is 0 Å². The van der Waals surface area contributed by atoms with Gasteiger partial charge in [0.1, 0.15) is 11.7 Å². The predicted octanol–water partition coefficient (Wildman–Crippen LogP) is 1.59. The molecule has 0 bridgehead atoms. The lowest BCUT2D eigenvalue weighted by Crippen LogP contribution is -2.48. The van der Waals surface area contributed by atoms with E-state index in [1.165, 1.54) is 10.1 Å². The third kappa shape index (κ3) is 4.24. The summed E-state index contributed by atoms with van der Waals surface area (Å²) in [7, 11) is 1.72. The van der Waals surface area contributed by atoms with Crippen LogP contribution in [0.15, 0.2) is 23.0 Å². The Balaban J connectivity index is 1.32. The average Bonchev–Trinajstić information content (AvgIpc) is 3.04. The van der Waals surface area contributed by atoms with Crippen LogP contribution in [0.4, 0.5) is 4.39 Å². The maximum atomic E-state index is 15.1. The molecule has 1 unspecified atom stereocenters. The second kappa shape index (κ2) is 8.68. The lowest BCUT2D eigenvalue weighted by atomic mass is 9.87. The lowest BCUT2D eigenvalue weighted by molar-refractivity contribution is -0.135. The van der Waals surface area contributed by atoms with E-state index in [1.54, 1.807) is 11.6 Å². The molecule has 9 heteroatoms. The van der Waals surface area contributed by atoms with Crippen molar-refractivity contribution < 1.29 is 14.0 Å². The Morgan fingerprint density at radius 1 is 1.06 bits per heavy atom. The van der Waals surface area contributed by atoms with E-state index >= 15 is 4.39 Å². The molecule has 0 saturated carbocycles. The van der Waals surface area contributed by atoms with Gasteiger partial charge in [-0.1, -0.05) is 6.07 Å². The fraction of sp³-hybridized carbons (Fsp3) is 0.625. The van der Waals surface area contributed by atoms with Gasteiger partial charge in [-0.15, -0.1) is 0 Å². The molecule has 33 heavy (non-hydrogen) atoms. The van der Waals surface area contributed by atoms with Crippen LogP contribution in [-0.2, 0) is 16.6 Å². The summed E-state index contributed by atoms with van der Waals surface area (Å²) in [5.41, 5.74) is 1.36. The van der Waals surface area contributed by atoms with E-state index in [4.69, 9.17) is 0 Å². The molecule has 2 aromatic rings. The van der Waals surface area contributed by atoms with Crippen molar-refractivity contribution in [3.05, 3.63) is 34.2 Å². The molecule has 2 amide bonds. The number of piperidine rings is 3. The summed E-state index contributed by atoms with van der Waals surface area (Å²) in [4.78, 5) is 39.1. The van der Waals surface area contributed by atoms with E-state index in [0.29, 0.717) is 37.2 Å². The molecule has 8 nitrogen and oxygen atoms in total. The summed E-state index contributed by atoms with van der Waals surface area (Å²) in [6.45, 7) is 3.77. The Morgan fingerprint density at radius 2 is 1.79 bits per heavy atom. The number of hydrogen-bond donors (Lipinski definition) is 2. The summed E-state index contributed by atoms with van der Waals surface area (Å²) in [6.07, 6.45) is 3.65. The molecule has 0 radical (unpaired) electrons. The van der Waals surface area contributed by atoms with Crippen LogP contribution in [0.1, 0.15) is 56.0 Å². The summed E-state index contributed by atoms with van der Waals surface area (Å²) < 4.78 is 18.2. The van der Waals surface area contributed by atoms with Gasteiger partial charge in [0.2, 0.25) is 11.8 Å². The first-order valence-electron chi connectivity index (χ1n) is 12.0. The predicted molar refractivity (Wildman–Crippen MR) is 123 cm³/mol. The van der Waals surface area contributed by atoms with Crippen molar-refractivity contribution in [2.75, 3.05) is 32.7 Å². The van der Waals surface area contributed by atoms with Gasteiger partial charge in [0.05, 0.1) is 11.0 Å². The number of aryl methyl sites for hydroxylation is 1. The van der Waals surface area contributed by atoms with Crippen molar-refractivity contribution in [1.82, 2.24) is 24.7 Å². The first-order chi connectivity index (χ1) is 15.8. The number of carbonyl (C=O) groups is 2. The molecule has 5 rings (SSSR count). The normalized spacial score (nSPS) is 24.8. The van der Waals surface area contributed by atoms with Crippen LogP contribution in [-0.4, -0.2) is 64.2 Å². The molecular formula is C24H32FN5O3. The van der Waals surface area contributed by atoms with Crippen LogP contribution in [0.2, 0.25) is 0 Å². The van der Waals surface area contributed by atoms with Gasteiger partial charge in [-0.25, -0.2) is 9.18 Å². The zero-order chi connectivity index (χ0) is 23.2. The van der Waals surface area contributed by atoms with Crippen LogP contribution in [0.3, 0.4) is 0 Å². The molecule has 3 aliphatic rings. The highest BCUT2D eigenvalue weighted by molar-refractivity contribution is 6.00. The maximum Gasteiger partial charge on any atom is 0.329 e. The molecular weight excluding hydrogens is 425 g/mol. The first-order valence-corrected chi connectivity index (χ1v) is 12.0. The van der Waals surface area contributed by atoms with Crippen LogP contribution in [0.5, 0.6) is 0 Å². The molecule has 0 aliphatic carbocycles. The third-order valence-electron chi connectivity index (χ3n) is 7.70. The van der Waals surface area contributed by atoms with Crippen LogP contribution >= 0.6 is 0 Å². The number of imidazole rings is 1. The number of halogens is 1. The molecule has 3 aliphatic heterocycles. The van der Waals surface area contributed by atoms with E-state index < -0.39 is 17.6 Å². The van der Waals surface area contributed by atoms with Gasteiger partial charge < -0.3 is 10.2 Å². The van der Waals surface area contributed by atoms with Crippen molar-refractivity contribution in [3.63, 3.8) is 0 Å². The molecule has 178 valence electrons. The molecule has 2 N–H and O–H groups in total. The fourth-order valence-electron chi connectivity index (χ4n) is 5.72. The number of nitrogens with one attached hydrogen (secondary N) is 2. The highest BCUT2D eigenvalue weighted by Crippen LogP contribution is 2.33. The number of nitrogens with zero attached hydrogens (tertiary/aromatic N) is 3. The Hall–Kier alpha value is -2.52. The number of carbonyl (C=O) groups excluding carboxylic acids is 2. The van der Waals surface area contributed by atoms with Crippen molar-refractivity contribution in [1.29, 1.82) is 0 Å². The lowest BCUT2D eigenvalue weighted by Gasteiger charge is -2.38. The van der Waals surface area contributed by atoms with Crippen molar-refractivity contribution >= 4 is 22.8 Å². The van der Waals surface area contributed by atoms with E-state index in [0.717, 1.165) is 44.5 Å². The van der Waals surface area contributed by atoms with E-state index in [9.17, 15) is 14.4 Å². The van der Waals surface area contributed by atoms with Crippen LogP contribution < -0.4 is 16.3 Å². The van der Waals surface area contributed by atoms with Gasteiger partial charge in [0.25, 0.3) is 0 Å². The summed E-state index contributed by atoms with van der Waals surface area (Å²) >= 11 is 0. The molecule has 1 atom stereocenters. The second-order valence-corrected chi connectivity index (χ2v) is 9.88. The second-order valence-electron chi connectivity index (χ2n) is 9.88. The average molecular weight is 458 g/mol. The van der Waals surface area contributed by atoms with Gasteiger partial charge in [-0.3, -0.25) is 24.0 Å². The highest BCUT2D eigenvalue weighted by atomic mass is 19.1. The number of alkyl halides is 1. The molecule has 4 heterocycles. The number of amides is 2. The first kappa shape index (κ1) is 22.3. The largest absolute Gasteiger partial charge is 0.329 e. The van der Waals surface area contributed by atoms with Crippen LogP contribution in [0.25, 0.3) is 11.0 Å². The fourth-order valence-corrected chi connectivity index (χ4v) is 5.72. The number of imide groups is 1. The van der Waals surface area contributed by atoms with Crippen molar-refractivity contribution in [2.24, 2.45) is 7.05 Å². The number of fused-ring (bicyclic) bond motifs is 1. The number of aromatic nitrogens is 2. The number of benzene rings is 1. The zero-order valence-electron chi connectivity index (χ0n) is 19.1. The van der Waals surface area contributed by atoms with E-state index in [2.05, 4.69) is 21.6 Å². The molecule has 1 aromatic heterocycles. The minimum Gasteiger partial charge on any atom is -0.316 e. The topological polar surface area (TPSA) is 88.4 Å². The van der Waals surface area contributed by atoms with Gasteiger partial charge in [-0.05, 0) is 81.9 Å². The van der Waals surface area contributed by atoms with Gasteiger partial charge in [0, 0.05) is 20.0 Å². The summed E-state index contributed by atoms with van der Waals surface area (Å²) in [5.74, 6) is -0.350. The minimum atomic E-state index is -1.08. The Morgan fingerprint density at radius 3 is 2.48 bits per heavy atom. The monoisotopic (exact) mass is 457 g/mol. The van der Waals surface area contributed by atoms with Gasteiger partial charge in [0.15, 0.2) is 0 Å². The molecule has 3 saturated heterocycles. The standard InChI is InChI=1S/C24H32FN5O3/c1-28-20-14-17(16-6-12-29(13-7-16)15-24(25)8-10-26-11-9-24)2-3-18(20)30(23(28)33)19-4-5-21(31)27-22(19)32/h2-3,14,16,19,26H,4-13,15H2,1H3,(H,27,31,32). The molecule has 3 fully saturated rings. The smallest absolute Gasteiger partial charge is 0.316 e. The maximum absolute atomic E-state index is 15.1. The van der Waals surface area contributed by atoms with Crippen molar-refractivity contribution in [2.45, 2.75) is 56.2 Å². The van der Waals surface area contributed by atoms with E-state index in [1.807, 2.05) is 12.1 Å². The SMILES string of the molecule is Cn1c(=O)n(C2CCC(=O)NC2=O)c2ccc(C3CCN(CC4(F)CCNCC4)CC3)cc21. The van der Waals surface area contributed by atoms with Crippen molar-refractivity contribution in [3.8, 4) is 0 Å². The summed E-state index contributed by atoms with van der Waals surface area (Å²) in [5, 5.41) is 5.58. The molecule has 1 aromatic carbocycles. The highest BCUT2D eigenvalue weighted by Gasteiger charge is 2.35. The molecule has 0 spiro atoms. The number of rotatable bonds is 4. The quantitative estimate of drug-likeness (QED) is 0.681. The Bertz CT molecular complexity index is 1130. The Kier molecular flexibility index (Phi) is 5.86. The third-order valence-corrected chi connectivity index (χ3v) is 7.70. The number of hydrogen-bond acceptors (Lipinski definition) is 5. The van der Waals surface area contributed by atoms with E-state index in [-0.39, 0.29) is 18.0 Å². The summed E-state index contributed by atoms with van der Waals surface area (Å²) in [6, 6.07) is 5.36. The minimum absolute atomic E-state index is 0.229. The van der Waals surface area contributed by atoms with Crippen LogP contribution in [0, 0.1) is 0 Å². The number of likely N-dealkylation sites (tertiary alicyclic amines) is 1. The Labute approximate surface area is 192 Å².